The highest BCUT2D eigenvalue weighted by molar-refractivity contribution is 5.95. The van der Waals surface area contributed by atoms with Crippen LogP contribution < -0.4 is 20.3 Å². The number of hydrogen-bond donors (Lipinski definition) is 2. The van der Waals surface area contributed by atoms with Crippen LogP contribution in [-0.4, -0.2) is 25.1 Å². The largest absolute Gasteiger partial charge is 0.497 e. The topological polar surface area (TPSA) is 80.4 Å². The molecule has 0 unspecified atom stereocenters. The number of aryl methyl sites for hydroxylation is 2. The van der Waals surface area contributed by atoms with Crippen LogP contribution in [0.5, 0.6) is 11.5 Å². The van der Waals surface area contributed by atoms with E-state index in [0.717, 1.165) is 11.3 Å². The second-order valence-corrected chi connectivity index (χ2v) is 5.23. The van der Waals surface area contributed by atoms with Crippen LogP contribution in [0.2, 0.25) is 0 Å². The van der Waals surface area contributed by atoms with Crippen molar-refractivity contribution in [3.8, 4) is 11.5 Å². The lowest BCUT2D eigenvalue weighted by molar-refractivity contribution is 0.0950. The van der Waals surface area contributed by atoms with Crippen molar-refractivity contribution in [2.24, 2.45) is 0 Å². The standard InChI is InChI=1S/C17H20N2O4/c1-10-5-11(2)19-17(21)15(10)9-18-16(20)12-6-13(22-3)8-14(7-12)23-4/h5-8H,9H2,1-4H3,(H,18,20)(H,19,21). The molecule has 0 aliphatic rings. The van der Waals surface area contributed by atoms with Crippen LogP contribution in [0.25, 0.3) is 0 Å². The number of methoxy groups -OCH3 is 2. The molecular formula is C17H20N2O4. The van der Waals surface area contributed by atoms with Crippen LogP contribution in [0, 0.1) is 13.8 Å². The monoisotopic (exact) mass is 316 g/mol. The van der Waals surface area contributed by atoms with Crippen LogP contribution >= 0.6 is 0 Å². The van der Waals surface area contributed by atoms with E-state index in [9.17, 15) is 9.59 Å². The summed E-state index contributed by atoms with van der Waals surface area (Å²) in [5.74, 6) is 0.749. The summed E-state index contributed by atoms with van der Waals surface area (Å²) in [6, 6.07) is 6.79. The minimum absolute atomic E-state index is 0.153. The fourth-order valence-corrected chi connectivity index (χ4v) is 2.31. The Kier molecular flexibility index (Phi) is 5.05. The second kappa shape index (κ2) is 7.00. The van der Waals surface area contributed by atoms with Crippen molar-refractivity contribution in [3.63, 3.8) is 0 Å². The molecule has 122 valence electrons. The van der Waals surface area contributed by atoms with Crippen molar-refractivity contribution in [3.05, 3.63) is 57.0 Å². The van der Waals surface area contributed by atoms with E-state index in [1.54, 1.807) is 18.2 Å². The highest BCUT2D eigenvalue weighted by atomic mass is 16.5. The maximum atomic E-state index is 12.3. The van der Waals surface area contributed by atoms with Gasteiger partial charge in [-0.05, 0) is 37.6 Å². The molecule has 1 aromatic carbocycles. The number of hydrogen-bond acceptors (Lipinski definition) is 4. The summed E-state index contributed by atoms with van der Waals surface area (Å²) in [5, 5.41) is 2.75. The molecular weight excluding hydrogens is 296 g/mol. The van der Waals surface area contributed by atoms with Gasteiger partial charge in [-0.3, -0.25) is 9.59 Å². The lowest BCUT2D eigenvalue weighted by Gasteiger charge is -2.10. The quantitative estimate of drug-likeness (QED) is 0.883. The molecule has 6 nitrogen and oxygen atoms in total. The summed E-state index contributed by atoms with van der Waals surface area (Å²) in [5.41, 5.74) is 2.39. The molecule has 6 heteroatoms. The van der Waals surface area contributed by atoms with Gasteiger partial charge in [0.1, 0.15) is 11.5 Å². The molecule has 1 amide bonds. The first kappa shape index (κ1) is 16.6. The molecule has 0 atom stereocenters. The van der Waals surface area contributed by atoms with Crippen LogP contribution in [-0.2, 0) is 6.54 Å². The first-order valence-electron chi connectivity index (χ1n) is 7.15. The van der Waals surface area contributed by atoms with Gasteiger partial charge >= 0.3 is 0 Å². The van der Waals surface area contributed by atoms with E-state index in [2.05, 4.69) is 10.3 Å². The first-order valence-corrected chi connectivity index (χ1v) is 7.15. The van der Waals surface area contributed by atoms with E-state index in [-0.39, 0.29) is 18.0 Å². The maximum Gasteiger partial charge on any atom is 0.253 e. The van der Waals surface area contributed by atoms with E-state index in [1.165, 1.54) is 14.2 Å². The first-order chi connectivity index (χ1) is 10.9. The molecule has 0 aliphatic carbocycles. The summed E-state index contributed by atoms with van der Waals surface area (Å²) in [6.07, 6.45) is 0. The predicted octanol–water partition coefficient (Wildman–Crippen LogP) is 1.94. The summed E-state index contributed by atoms with van der Waals surface area (Å²) >= 11 is 0. The van der Waals surface area contributed by atoms with Gasteiger partial charge in [0.15, 0.2) is 0 Å². The average Bonchev–Trinajstić information content (AvgIpc) is 2.52. The van der Waals surface area contributed by atoms with Crippen LogP contribution in [0.4, 0.5) is 0 Å². The molecule has 2 rings (SSSR count). The molecule has 1 aromatic heterocycles. The Morgan fingerprint density at radius 2 is 1.70 bits per heavy atom. The lowest BCUT2D eigenvalue weighted by atomic mass is 10.1. The third-order valence-corrected chi connectivity index (χ3v) is 3.53. The van der Waals surface area contributed by atoms with Gasteiger partial charge in [-0.1, -0.05) is 0 Å². The number of pyridine rings is 1. The molecule has 0 aliphatic heterocycles. The zero-order valence-corrected chi connectivity index (χ0v) is 13.6. The third-order valence-electron chi connectivity index (χ3n) is 3.53. The normalized spacial score (nSPS) is 10.3. The Morgan fingerprint density at radius 3 is 2.22 bits per heavy atom. The molecule has 23 heavy (non-hydrogen) atoms. The highest BCUT2D eigenvalue weighted by Crippen LogP contribution is 2.22. The Balaban J connectivity index is 2.19. The summed E-state index contributed by atoms with van der Waals surface area (Å²) in [4.78, 5) is 27.0. The van der Waals surface area contributed by atoms with Crippen molar-refractivity contribution in [2.75, 3.05) is 14.2 Å². The third kappa shape index (κ3) is 3.91. The number of amides is 1. The minimum Gasteiger partial charge on any atom is -0.497 e. The molecule has 0 bridgehead atoms. The number of nitrogens with one attached hydrogen (secondary N) is 2. The van der Waals surface area contributed by atoms with Crippen molar-refractivity contribution in [1.29, 1.82) is 0 Å². The average molecular weight is 316 g/mol. The number of carbonyl (C=O) groups is 1. The molecule has 2 aromatic rings. The van der Waals surface area contributed by atoms with Gasteiger partial charge in [0.2, 0.25) is 0 Å². The molecule has 0 saturated carbocycles. The smallest absolute Gasteiger partial charge is 0.253 e. The van der Waals surface area contributed by atoms with Gasteiger partial charge in [-0.25, -0.2) is 0 Å². The zero-order valence-electron chi connectivity index (χ0n) is 13.6. The number of carbonyl (C=O) groups excluding carboxylic acids is 1. The molecule has 0 spiro atoms. The fraction of sp³-hybridized carbons (Fsp3) is 0.294. The van der Waals surface area contributed by atoms with E-state index >= 15 is 0 Å². The van der Waals surface area contributed by atoms with E-state index < -0.39 is 0 Å². The number of aromatic nitrogens is 1. The van der Waals surface area contributed by atoms with Crippen molar-refractivity contribution in [2.45, 2.75) is 20.4 Å². The number of ether oxygens (including phenoxy) is 2. The molecule has 0 saturated heterocycles. The van der Waals surface area contributed by atoms with E-state index in [0.29, 0.717) is 22.6 Å². The number of benzene rings is 1. The van der Waals surface area contributed by atoms with Gasteiger partial charge in [0.25, 0.3) is 11.5 Å². The Hall–Kier alpha value is -2.76. The Bertz CT molecular complexity index is 758. The Labute approximate surface area is 134 Å². The molecule has 1 heterocycles. The van der Waals surface area contributed by atoms with Gasteiger partial charge in [-0.2, -0.15) is 0 Å². The van der Waals surface area contributed by atoms with Gasteiger partial charge < -0.3 is 19.8 Å². The summed E-state index contributed by atoms with van der Waals surface area (Å²) < 4.78 is 10.3. The number of aromatic amines is 1. The summed E-state index contributed by atoms with van der Waals surface area (Å²) in [6.45, 7) is 3.82. The lowest BCUT2D eigenvalue weighted by Crippen LogP contribution is -2.28. The van der Waals surface area contributed by atoms with Gasteiger partial charge in [0.05, 0.1) is 14.2 Å². The van der Waals surface area contributed by atoms with E-state index in [1.807, 2.05) is 19.9 Å². The maximum absolute atomic E-state index is 12.3. The Morgan fingerprint density at radius 1 is 1.09 bits per heavy atom. The van der Waals surface area contributed by atoms with Crippen molar-refractivity contribution < 1.29 is 14.3 Å². The fourth-order valence-electron chi connectivity index (χ4n) is 2.31. The number of rotatable bonds is 5. The zero-order chi connectivity index (χ0) is 17.0. The highest BCUT2D eigenvalue weighted by Gasteiger charge is 2.12. The predicted molar refractivity (Wildman–Crippen MR) is 87.3 cm³/mol. The van der Waals surface area contributed by atoms with Gasteiger partial charge in [0, 0.05) is 29.4 Å². The van der Waals surface area contributed by atoms with Crippen LogP contribution in [0.1, 0.15) is 27.2 Å². The van der Waals surface area contributed by atoms with Crippen LogP contribution in [0.15, 0.2) is 29.1 Å². The van der Waals surface area contributed by atoms with Crippen molar-refractivity contribution in [1.82, 2.24) is 10.3 Å². The van der Waals surface area contributed by atoms with E-state index in [4.69, 9.17) is 9.47 Å². The molecule has 0 fully saturated rings. The molecule has 0 radical (unpaired) electrons. The molecule has 2 N–H and O–H groups in total. The van der Waals surface area contributed by atoms with Crippen LogP contribution in [0.3, 0.4) is 0 Å². The van der Waals surface area contributed by atoms with Gasteiger partial charge in [-0.15, -0.1) is 0 Å². The SMILES string of the molecule is COc1cc(OC)cc(C(=O)NCc2c(C)cc(C)[nH]c2=O)c1. The minimum atomic E-state index is -0.304. The summed E-state index contributed by atoms with van der Waals surface area (Å²) in [7, 11) is 3.04. The second-order valence-electron chi connectivity index (χ2n) is 5.23. The van der Waals surface area contributed by atoms with Crippen molar-refractivity contribution >= 4 is 5.91 Å². The number of H-pyrrole nitrogens is 1.